The van der Waals surface area contributed by atoms with Crippen molar-refractivity contribution < 1.29 is 19.5 Å². The van der Waals surface area contributed by atoms with Gasteiger partial charge in [0.1, 0.15) is 12.1 Å². The zero-order chi connectivity index (χ0) is 27.7. The topological polar surface area (TPSA) is 124 Å². The van der Waals surface area contributed by atoms with E-state index >= 15 is 0 Å². The number of hydrogen-bond acceptors (Lipinski definition) is 6. The number of hydrogen-bond donors (Lipinski definition) is 4. The number of hydrazine groups is 1. The second-order valence-electron chi connectivity index (χ2n) is 10.2. The minimum atomic E-state index is -0.989. The van der Waals surface area contributed by atoms with Gasteiger partial charge in [0, 0.05) is 18.1 Å². The lowest BCUT2D eigenvalue weighted by Gasteiger charge is -2.34. The molecular weight excluding hydrogens is 482 g/mol. The molecule has 1 aliphatic heterocycles. The molecule has 3 atom stereocenters. The first-order valence-electron chi connectivity index (χ1n) is 13.6. The summed E-state index contributed by atoms with van der Waals surface area (Å²) in [6.07, 6.45) is 9.79. The number of carboxylic acids is 1. The highest BCUT2D eigenvalue weighted by Crippen LogP contribution is 2.17. The summed E-state index contributed by atoms with van der Waals surface area (Å²) >= 11 is 0. The van der Waals surface area contributed by atoms with Gasteiger partial charge in [0.25, 0.3) is 5.91 Å². The van der Waals surface area contributed by atoms with Crippen molar-refractivity contribution in [2.75, 3.05) is 13.1 Å². The van der Waals surface area contributed by atoms with E-state index in [1.54, 1.807) is 6.92 Å². The molecule has 9 nitrogen and oxygen atoms in total. The molecule has 1 aromatic heterocycles. The van der Waals surface area contributed by atoms with Crippen molar-refractivity contribution in [2.45, 2.75) is 77.9 Å². The Kier molecular flexibility index (Phi) is 10.8. The molecule has 2 aromatic rings. The van der Waals surface area contributed by atoms with Crippen LogP contribution in [0.25, 0.3) is 16.8 Å². The van der Waals surface area contributed by atoms with E-state index in [0.29, 0.717) is 25.9 Å². The van der Waals surface area contributed by atoms with Crippen LogP contribution in [0.3, 0.4) is 0 Å². The molecule has 1 saturated heterocycles. The molecule has 1 aromatic carbocycles. The van der Waals surface area contributed by atoms with Gasteiger partial charge in [-0.1, -0.05) is 45.0 Å². The van der Waals surface area contributed by atoms with E-state index in [1.807, 2.05) is 26.1 Å². The van der Waals surface area contributed by atoms with E-state index in [2.05, 4.69) is 58.3 Å². The molecule has 2 heterocycles. The number of carboxylic acid groups (broad SMARTS) is 1. The zero-order valence-corrected chi connectivity index (χ0v) is 22.9. The zero-order valence-electron chi connectivity index (χ0n) is 22.9. The van der Waals surface area contributed by atoms with Gasteiger partial charge in [-0.15, -0.1) is 0 Å². The van der Waals surface area contributed by atoms with Gasteiger partial charge in [0.05, 0.1) is 11.7 Å². The molecule has 4 N–H and O–H groups in total. The lowest BCUT2D eigenvalue weighted by Crippen LogP contribution is -2.60. The van der Waals surface area contributed by atoms with Crippen LogP contribution in [0, 0.1) is 5.92 Å². The average molecular weight is 524 g/mol. The highest BCUT2D eigenvalue weighted by Gasteiger charge is 2.31. The highest BCUT2D eigenvalue weighted by molar-refractivity contribution is 5.90. The number of aliphatic carboxylic acids is 1. The van der Waals surface area contributed by atoms with Crippen LogP contribution in [0.2, 0.25) is 0 Å². The predicted molar refractivity (Wildman–Crippen MR) is 149 cm³/mol. The maximum Gasteiger partial charge on any atom is 0.322 e. The minimum Gasteiger partial charge on any atom is -0.480 e. The number of aryl methyl sites for hydroxylation is 1. The van der Waals surface area contributed by atoms with Crippen LogP contribution in [0.15, 0.2) is 36.5 Å². The number of pyridine rings is 1. The molecule has 0 radical (unpaired) electrons. The van der Waals surface area contributed by atoms with E-state index in [4.69, 9.17) is 0 Å². The van der Waals surface area contributed by atoms with Crippen molar-refractivity contribution in [1.82, 2.24) is 26.1 Å². The molecular formula is C29H41N5O4. The molecule has 0 unspecified atom stereocenters. The van der Waals surface area contributed by atoms with E-state index in [0.717, 1.165) is 30.3 Å². The third kappa shape index (κ3) is 8.10. The third-order valence-corrected chi connectivity index (χ3v) is 6.84. The summed E-state index contributed by atoms with van der Waals surface area (Å²) in [7, 11) is 0. The second-order valence-corrected chi connectivity index (χ2v) is 10.2. The van der Waals surface area contributed by atoms with Crippen molar-refractivity contribution in [3.8, 4) is 0 Å². The SMILES string of the molecule is CCc1ccc2cnc(/C=C/CCCN[C@H](C(=O)N[C@@H](C)C(=O)N3CCC[C@@H](C(=O)O)N3)C(C)C)cc2c1. The van der Waals surface area contributed by atoms with Crippen LogP contribution < -0.4 is 16.1 Å². The summed E-state index contributed by atoms with van der Waals surface area (Å²) in [6, 6.07) is 6.56. The van der Waals surface area contributed by atoms with Crippen molar-refractivity contribution in [1.29, 1.82) is 0 Å². The third-order valence-electron chi connectivity index (χ3n) is 6.84. The second kappa shape index (κ2) is 14.0. The molecule has 1 fully saturated rings. The number of aromatic nitrogens is 1. The summed E-state index contributed by atoms with van der Waals surface area (Å²) in [5.74, 6) is -1.54. The van der Waals surface area contributed by atoms with Crippen LogP contribution in [-0.4, -0.2) is 64.1 Å². The van der Waals surface area contributed by atoms with Crippen molar-refractivity contribution in [2.24, 2.45) is 5.92 Å². The molecule has 9 heteroatoms. The molecule has 0 bridgehead atoms. The fourth-order valence-electron chi connectivity index (χ4n) is 4.55. The smallest absolute Gasteiger partial charge is 0.322 e. The number of nitrogens with one attached hydrogen (secondary N) is 3. The lowest BCUT2D eigenvalue weighted by atomic mass is 10.0. The number of fused-ring (bicyclic) bond motifs is 1. The van der Waals surface area contributed by atoms with Gasteiger partial charge < -0.3 is 15.7 Å². The van der Waals surface area contributed by atoms with Crippen molar-refractivity contribution in [3.05, 3.63) is 47.8 Å². The summed E-state index contributed by atoms with van der Waals surface area (Å²) in [4.78, 5) is 41.5. The van der Waals surface area contributed by atoms with Gasteiger partial charge in [-0.05, 0) is 74.6 Å². The van der Waals surface area contributed by atoms with Crippen LogP contribution in [0.4, 0.5) is 0 Å². The average Bonchev–Trinajstić information content (AvgIpc) is 2.91. The van der Waals surface area contributed by atoms with E-state index < -0.39 is 24.1 Å². The Bertz CT molecular complexity index is 1150. The first kappa shape index (κ1) is 29.3. The molecule has 0 saturated carbocycles. The highest BCUT2D eigenvalue weighted by atomic mass is 16.4. The minimum absolute atomic E-state index is 0.0344. The lowest BCUT2D eigenvalue weighted by molar-refractivity contribution is -0.148. The Morgan fingerprint density at radius 3 is 2.71 bits per heavy atom. The van der Waals surface area contributed by atoms with Crippen LogP contribution >= 0.6 is 0 Å². The fraction of sp³-hybridized carbons (Fsp3) is 0.517. The van der Waals surface area contributed by atoms with Gasteiger partial charge in [-0.3, -0.25) is 24.4 Å². The van der Waals surface area contributed by atoms with Crippen molar-refractivity contribution in [3.63, 3.8) is 0 Å². The predicted octanol–water partition coefficient (Wildman–Crippen LogP) is 3.29. The Hall–Kier alpha value is -3.30. The van der Waals surface area contributed by atoms with Crippen LogP contribution in [-0.2, 0) is 20.8 Å². The monoisotopic (exact) mass is 523 g/mol. The largest absolute Gasteiger partial charge is 0.480 e. The van der Waals surface area contributed by atoms with E-state index in [-0.39, 0.29) is 17.7 Å². The first-order valence-corrected chi connectivity index (χ1v) is 13.6. The number of nitrogens with zero attached hydrogens (tertiary/aromatic N) is 2. The maximum absolute atomic E-state index is 12.9. The molecule has 1 aliphatic rings. The van der Waals surface area contributed by atoms with E-state index in [1.165, 1.54) is 16.0 Å². The number of unbranched alkanes of at least 4 members (excludes halogenated alkanes) is 1. The normalized spacial score (nSPS) is 17.6. The standard InChI is InChI=1S/C29H41N5O4/c1-5-21-12-13-22-18-31-24(17-23(22)16-21)10-7-6-8-14-30-26(19(2)3)27(35)32-20(4)28(36)34-15-9-11-25(33-34)29(37)38/h7,10,12-13,16-20,25-26,30,33H,5-6,8-9,11,14-15H2,1-4H3,(H,32,35)(H,37,38)/b10-7+/t20-,25-,26-/m0/s1. The molecule has 206 valence electrons. The number of carbonyl (C=O) groups excluding carboxylic acids is 2. The van der Waals surface area contributed by atoms with Gasteiger partial charge in [-0.25, -0.2) is 5.43 Å². The number of rotatable bonds is 12. The fourth-order valence-corrected chi connectivity index (χ4v) is 4.55. The van der Waals surface area contributed by atoms with Gasteiger partial charge >= 0.3 is 5.97 Å². The number of benzene rings is 1. The first-order chi connectivity index (χ1) is 18.2. The van der Waals surface area contributed by atoms with Gasteiger partial charge in [-0.2, -0.15) is 0 Å². The summed E-state index contributed by atoms with van der Waals surface area (Å²) in [5, 5.41) is 19.0. The molecule has 0 spiro atoms. The quantitative estimate of drug-likeness (QED) is 0.315. The van der Waals surface area contributed by atoms with Gasteiger partial charge in [0.2, 0.25) is 5.91 Å². The van der Waals surface area contributed by atoms with Crippen LogP contribution in [0.1, 0.15) is 64.6 Å². The maximum atomic E-state index is 12.9. The van der Waals surface area contributed by atoms with E-state index in [9.17, 15) is 19.5 Å². The summed E-state index contributed by atoms with van der Waals surface area (Å²) in [5.41, 5.74) is 4.98. The van der Waals surface area contributed by atoms with Gasteiger partial charge in [0.15, 0.2) is 0 Å². The molecule has 3 rings (SSSR count). The molecule has 2 amide bonds. The van der Waals surface area contributed by atoms with Crippen LogP contribution in [0.5, 0.6) is 0 Å². The molecule has 38 heavy (non-hydrogen) atoms. The Labute approximate surface area is 225 Å². The number of carbonyl (C=O) groups is 3. The summed E-state index contributed by atoms with van der Waals surface area (Å²) < 4.78 is 0. The Morgan fingerprint density at radius 1 is 1.21 bits per heavy atom. The van der Waals surface area contributed by atoms with Crippen molar-refractivity contribution >= 4 is 34.6 Å². The summed E-state index contributed by atoms with van der Waals surface area (Å²) in [6.45, 7) is 8.76. The molecule has 0 aliphatic carbocycles. The Balaban J connectivity index is 1.45. The number of allylic oxidation sites excluding steroid dienone is 1. The Morgan fingerprint density at radius 2 is 2.00 bits per heavy atom. The number of amides is 2.